The van der Waals surface area contributed by atoms with Gasteiger partial charge in [-0.05, 0) is 50.8 Å². The zero-order valence-electron chi connectivity index (χ0n) is 19.5. The van der Waals surface area contributed by atoms with Crippen LogP contribution in [0.3, 0.4) is 0 Å². The number of halogens is 1. The number of hydrazone groups is 1. The lowest BCUT2D eigenvalue weighted by atomic mass is 9.92. The molecular formula is C24H29FN8O. The molecule has 1 aliphatic heterocycles. The summed E-state index contributed by atoms with van der Waals surface area (Å²) in [7, 11) is 1.65. The van der Waals surface area contributed by atoms with Crippen LogP contribution < -0.4 is 21.2 Å². The van der Waals surface area contributed by atoms with E-state index in [-0.39, 0.29) is 23.8 Å². The van der Waals surface area contributed by atoms with E-state index >= 15 is 0 Å². The lowest BCUT2D eigenvalue weighted by molar-refractivity contribution is 0.217. The Morgan fingerprint density at radius 3 is 2.79 bits per heavy atom. The molecule has 9 nitrogen and oxygen atoms in total. The second kappa shape index (κ2) is 9.58. The van der Waals surface area contributed by atoms with Gasteiger partial charge in [0.2, 0.25) is 0 Å². The molecule has 34 heavy (non-hydrogen) atoms. The van der Waals surface area contributed by atoms with E-state index < -0.39 is 11.9 Å². The van der Waals surface area contributed by atoms with Crippen molar-refractivity contribution < 1.29 is 9.13 Å². The number of aromatic nitrogens is 2. The molecule has 4 rings (SSSR count). The fourth-order valence-electron chi connectivity index (χ4n) is 3.89. The molecule has 1 fully saturated rings. The summed E-state index contributed by atoms with van der Waals surface area (Å²) >= 11 is 0. The van der Waals surface area contributed by atoms with Gasteiger partial charge in [0.05, 0.1) is 23.3 Å². The van der Waals surface area contributed by atoms with Crippen LogP contribution in [-0.2, 0) is 0 Å². The number of hydrogen-bond donors (Lipinski definition) is 5. The fraction of sp³-hybridized carbons (Fsp3) is 0.375. The van der Waals surface area contributed by atoms with Gasteiger partial charge in [0.1, 0.15) is 17.6 Å². The lowest BCUT2D eigenvalue weighted by Crippen LogP contribution is -2.26. The van der Waals surface area contributed by atoms with Crippen LogP contribution in [0, 0.1) is 22.6 Å². The van der Waals surface area contributed by atoms with Gasteiger partial charge < -0.3 is 26.6 Å². The number of allylic oxidation sites excluding steroid dienone is 1. The van der Waals surface area contributed by atoms with Crippen LogP contribution in [-0.4, -0.2) is 40.7 Å². The predicted molar refractivity (Wildman–Crippen MR) is 131 cm³/mol. The molecule has 0 spiro atoms. The Labute approximate surface area is 197 Å². The number of anilines is 1. The van der Waals surface area contributed by atoms with Gasteiger partial charge >= 0.3 is 0 Å². The molecule has 1 saturated carbocycles. The van der Waals surface area contributed by atoms with Crippen molar-refractivity contribution >= 4 is 28.6 Å². The van der Waals surface area contributed by atoms with E-state index in [1.54, 1.807) is 33.2 Å². The second-order valence-electron chi connectivity index (χ2n) is 8.57. The van der Waals surface area contributed by atoms with E-state index in [0.29, 0.717) is 45.4 Å². The molecule has 1 atom stereocenters. The monoisotopic (exact) mass is 464 g/mol. The Bertz CT molecular complexity index is 1200. The molecule has 10 heteroatoms. The average molecular weight is 465 g/mol. The number of nitrogens with one attached hydrogen (secondary N) is 4. The maximum atomic E-state index is 14.2. The summed E-state index contributed by atoms with van der Waals surface area (Å²) in [5.74, 6) is 0.345. The summed E-state index contributed by atoms with van der Waals surface area (Å²) in [5, 5.41) is 25.3. The quantitative estimate of drug-likeness (QED) is 0.339. The van der Waals surface area contributed by atoms with Crippen LogP contribution in [0.5, 0.6) is 5.88 Å². The Hall–Kier alpha value is -3.82. The first-order valence-electron chi connectivity index (χ1n) is 11.2. The third kappa shape index (κ3) is 4.90. The van der Waals surface area contributed by atoms with Crippen LogP contribution >= 0.6 is 0 Å². The highest BCUT2D eigenvalue weighted by molar-refractivity contribution is 6.48. The van der Waals surface area contributed by atoms with E-state index in [1.807, 2.05) is 0 Å². The molecule has 178 valence electrons. The summed E-state index contributed by atoms with van der Waals surface area (Å²) in [6.45, 7) is 4.17. The third-order valence-electron chi connectivity index (χ3n) is 5.93. The van der Waals surface area contributed by atoms with Crippen molar-refractivity contribution in [3.8, 4) is 5.88 Å². The number of nitrogens with zero attached hydrogens (tertiary/aromatic N) is 3. The highest BCUT2D eigenvalue weighted by Gasteiger charge is 2.27. The number of nitrogens with two attached hydrogens (primary N) is 1. The van der Waals surface area contributed by atoms with Gasteiger partial charge in [0.15, 0.2) is 5.82 Å². The number of fused-ring (bicyclic) bond motifs is 3. The standard InChI is InChI=1S/C24H29FN8O/c1-12(26)17-9-19(33-29-3)21(27)16-7-6-15(25)8-18(16)13(2)34-24-23(28)31-11-20(32-24)22(17)30-10-14-4-5-14/h6-8,11,13-14,26-27,29-30H,4-5,9-10H2,1-3H3,(H2,28,31)/b22-17-,26-12?,27-21?,33-19-/t13-/m1/s1. The molecular weight excluding hydrogens is 435 g/mol. The van der Waals surface area contributed by atoms with Gasteiger partial charge in [0, 0.05) is 42.4 Å². The first-order chi connectivity index (χ1) is 16.3. The Morgan fingerprint density at radius 2 is 2.12 bits per heavy atom. The maximum absolute atomic E-state index is 14.2. The molecule has 6 N–H and O–H groups in total. The molecule has 0 saturated heterocycles. The highest BCUT2D eigenvalue weighted by atomic mass is 19.1. The number of nitrogen functional groups attached to an aromatic ring is 1. The Morgan fingerprint density at radius 1 is 1.35 bits per heavy atom. The third-order valence-corrected chi connectivity index (χ3v) is 5.93. The molecule has 2 heterocycles. The lowest BCUT2D eigenvalue weighted by Gasteiger charge is -2.23. The Balaban J connectivity index is 1.95. The van der Waals surface area contributed by atoms with Gasteiger partial charge in [-0.1, -0.05) is 0 Å². The number of ether oxygens (including phenoxy) is 1. The molecule has 2 aliphatic rings. The topological polar surface area (TPSA) is 145 Å². The van der Waals surface area contributed by atoms with Crippen LogP contribution in [0.15, 0.2) is 35.1 Å². The smallest absolute Gasteiger partial charge is 0.258 e. The first-order valence-corrected chi connectivity index (χ1v) is 11.2. The normalized spacial score (nSPS) is 21.7. The SMILES string of the molecule is CN/N=C1/C/C(C(C)=N)=C(/NCC2CC2)c2cnc(N)c(n2)O[C@H](C)c2cc(F)ccc2C1=N. The van der Waals surface area contributed by atoms with Crippen molar-refractivity contribution in [3.63, 3.8) is 0 Å². The highest BCUT2D eigenvalue weighted by Crippen LogP contribution is 2.32. The fourth-order valence-corrected chi connectivity index (χ4v) is 3.89. The number of rotatable bonds is 5. The van der Waals surface area contributed by atoms with Gasteiger partial charge in [-0.3, -0.25) is 5.41 Å². The van der Waals surface area contributed by atoms with Crippen molar-refractivity contribution in [3.05, 3.63) is 52.6 Å². The van der Waals surface area contributed by atoms with Gasteiger partial charge in [0.25, 0.3) is 5.88 Å². The molecule has 0 radical (unpaired) electrons. The van der Waals surface area contributed by atoms with Gasteiger partial charge in [-0.2, -0.15) is 5.10 Å². The minimum Gasteiger partial charge on any atom is -0.467 e. The summed E-state index contributed by atoms with van der Waals surface area (Å²) in [6, 6.07) is 4.19. The van der Waals surface area contributed by atoms with E-state index in [4.69, 9.17) is 21.3 Å². The second-order valence-corrected chi connectivity index (χ2v) is 8.57. The van der Waals surface area contributed by atoms with Crippen LogP contribution in [0.25, 0.3) is 5.70 Å². The van der Waals surface area contributed by atoms with Crippen LogP contribution in [0.2, 0.25) is 0 Å². The van der Waals surface area contributed by atoms with Crippen molar-refractivity contribution in [1.29, 1.82) is 10.8 Å². The zero-order valence-corrected chi connectivity index (χ0v) is 19.5. The molecule has 1 aliphatic carbocycles. The minimum atomic E-state index is -0.663. The molecule has 2 aromatic rings. The van der Waals surface area contributed by atoms with Crippen molar-refractivity contribution in [2.45, 2.75) is 39.2 Å². The predicted octanol–water partition coefficient (Wildman–Crippen LogP) is 3.44. The van der Waals surface area contributed by atoms with Crippen molar-refractivity contribution in [2.24, 2.45) is 11.0 Å². The van der Waals surface area contributed by atoms with E-state index in [0.717, 1.165) is 19.4 Å². The van der Waals surface area contributed by atoms with Crippen molar-refractivity contribution in [1.82, 2.24) is 20.7 Å². The summed E-state index contributed by atoms with van der Waals surface area (Å²) in [5.41, 5.74) is 12.3. The maximum Gasteiger partial charge on any atom is 0.258 e. The molecule has 0 amide bonds. The molecule has 1 aromatic carbocycles. The average Bonchev–Trinajstić information content (AvgIpc) is 3.63. The molecule has 1 aromatic heterocycles. The van der Waals surface area contributed by atoms with Crippen molar-refractivity contribution in [2.75, 3.05) is 19.3 Å². The summed E-state index contributed by atoms with van der Waals surface area (Å²) in [4.78, 5) is 8.90. The first kappa shape index (κ1) is 23.3. The number of benzene rings is 1. The van der Waals surface area contributed by atoms with E-state index in [1.165, 1.54) is 12.1 Å². The number of hydrogen-bond acceptors (Lipinski definition) is 9. The van der Waals surface area contributed by atoms with Crippen LogP contribution in [0.4, 0.5) is 10.2 Å². The van der Waals surface area contributed by atoms with E-state index in [2.05, 4.69) is 25.8 Å². The molecule has 2 bridgehead atoms. The minimum absolute atomic E-state index is 0.104. The van der Waals surface area contributed by atoms with E-state index in [9.17, 15) is 4.39 Å². The largest absolute Gasteiger partial charge is 0.467 e. The Kier molecular flexibility index (Phi) is 6.58. The van der Waals surface area contributed by atoms with Gasteiger partial charge in [-0.25, -0.2) is 14.4 Å². The van der Waals surface area contributed by atoms with Gasteiger partial charge in [-0.15, -0.1) is 0 Å². The zero-order chi connectivity index (χ0) is 24.4. The van der Waals surface area contributed by atoms with Crippen LogP contribution in [0.1, 0.15) is 56.0 Å². The summed E-state index contributed by atoms with van der Waals surface area (Å²) < 4.78 is 20.2. The molecule has 0 unspecified atom stereocenters. The summed E-state index contributed by atoms with van der Waals surface area (Å²) in [6.07, 6.45) is 3.38.